The first kappa shape index (κ1) is 20.8. The predicted molar refractivity (Wildman–Crippen MR) is 108 cm³/mol. The number of hydrogen-bond acceptors (Lipinski definition) is 9. The molecule has 0 aliphatic rings. The lowest BCUT2D eigenvalue weighted by Gasteiger charge is -2.08. The van der Waals surface area contributed by atoms with E-state index in [-0.39, 0.29) is 41.1 Å². The number of non-ortho nitro benzene ring substituents is 1. The van der Waals surface area contributed by atoms with E-state index in [4.69, 9.17) is 9.15 Å². The Hall–Kier alpha value is -4.49. The van der Waals surface area contributed by atoms with Crippen LogP contribution < -0.4 is 17.0 Å². The number of hydrogen-bond donors (Lipinski definition) is 0. The number of aromatic nitrogens is 5. The molecule has 0 atom stereocenters. The molecule has 0 fully saturated rings. The van der Waals surface area contributed by atoms with Gasteiger partial charge in [0.15, 0.2) is 16.7 Å². The number of ether oxygens (including phenoxy) is 1. The SMILES string of the molecule is Cn1c(=O)c2c(ncn2CCOC(=O)Cn2c(=O)oc3cc([N+](=O)[O-])ccc32)n(C)c1=O. The Labute approximate surface area is 176 Å². The zero-order valence-electron chi connectivity index (χ0n) is 16.9. The van der Waals surface area contributed by atoms with Crippen molar-refractivity contribution >= 4 is 33.9 Å². The number of esters is 1. The normalized spacial score (nSPS) is 11.3. The Bertz CT molecular complexity index is 1570. The first-order chi connectivity index (χ1) is 15.2. The van der Waals surface area contributed by atoms with Gasteiger partial charge in [-0.2, -0.15) is 0 Å². The van der Waals surface area contributed by atoms with E-state index in [1.54, 1.807) is 0 Å². The summed E-state index contributed by atoms with van der Waals surface area (Å²) in [7, 11) is 2.84. The minimum Gasteiger partial charge on any atom is -0.462 e. The number of carbonyl (C=O) groups is 1. The van der Waals surface area contributed by atoms with E-state index in [1.165, 1.54) is 41.7 Å². The van der Waals surface area contributed by atoms with E-state index < -0.39 is 34.4 Å². The zero-order chi connectivity index (χ0) is 23.2. The number of rotatable bonds is 6. The average molecular weight is 444 g/mol. The van der Waals surface area contributed by atoms with Crippen LogP contribution in [0.15, 0.2) is 43.3 Å². The maximum absolute atomic E-state index is 12.4. The van der Waals surface area contributed by atoms with E-state index in [9.17, 15) is 29.3 Å². The van der Waals surface area contributed by atoms with Crippen LogP contribution >= 0.6 is 0 Å². The molecule has 0 N–H and O–H groups in total. The molecular weight excluding hydrogens is 428 g/mol. The summed E-state index contributed by atoms with van der Waals surface area (Å²) in [5.41, 5.74) is -0.720. The second-order valence-corrected chi connectivity index (χ2v) is 6.90. The third-order valence-electron chi connectivity index (χ3n) is 4.96. The largest absolute Gasteiger partial charge is 0.462 e. The highest BCUT2D eigenvalue weighted by Gasteiger charge is 2.18. The molecule has 0 aliphatic carbocycles. The molecule has 0 unspecified atom stereocenters. The lowest BCUT2D eigenvalue weighted by Crippen LogP contribution is -2.37. The molecule has 0 saturated heterocycles. The fourth-order valence-corrected chi connectivity index (χ4v) is 3.32. The maximum Gasteiger partial charge on any atom is 0.420 e. The summed E-state index contributed by atoms with van der Waals surface area (Å²) < 4.78 is 14.8. The van der Waals surface area contributed by atoms with E-state index >= 15 is 0 Å². The molecule has 14 heteroatoms. The van der Waals surface area contributed by atoms with Crippen molar-refractivity contribution in [2.75, 3.05) is 6.61 Å². The van der Waals surface area contributed by atoms with E-state index in [0.717, 1.165) is 15.2 Å². The highest BCUT2D eigenvalue weighted by molar-refractivity contribution is 5.78. The molecule has 1 aromatic carbocycles. The first-order valence-corrected chi connectivity index (χ1v) is 9.23. The Balaban J connectivity index is 1.48. The van der Waals surface area contributed by atoms with Gasteiger partial charge in [0.1, 0.15) is 13.2 Å². The third kappa shape index (κ3) is 3.36. The molecule has 0 spiro atoms. The zero-order valence-corrected chi connectivity index (χ0v) is 16.9. The summed E-state index contributed by atoms with van der Waals surface area (Å²) in [6.07, 6.45) is 1.36. The Morgan fingerprint density at radius 1 is 1.22 bits per heavy atom. The van der Waals surface area contributed by atoms with Gasteiger partial charge < -0.3 is 13.7 Å². The Kier molecular flexibility index (Phi) is 4.96. The standard InChI is InChI=1S/C18H16N6O8/c1-20-15-14(16(26)21(2)17(20)27)22(9-19-15)5-6-31-13(25)8-23-11-4-3-10(24(29)30)7-12(11)32-18(23)28/h3-4,7,9H,5-6,8H2,1-2H3. The smallest absolute Gasteiger partial charge is 0.420 e. The monoisotopic (exact) mass is 444 g/mol. The third-order valence-corrected chi connectivity index (χ3v) is 4.96. The number of nitrogens with zero attached hydrogens (tertiary/aromatic N) is 6. The Morgan fingerprint density at radius 3 is 2.69 bits per heavy atom. The van der Waals surface area contributed by atoms with Crippen LogP contribution in [0.25, 0.3) is 22.3 Å². The minimum absolute atomic E-state index is 0.0247. The van der Waals surface area contributed by atoms with Crippen LogP contribution in [0.4, 0.5) is 5.69 Å². The fraction of sp³-hybridized carbons (Fsp3) is 0.278. The van der Waals surface area contributed by atoms with Gasteiger partial charge in [0.25, 0.3) is 11.2 Å². The van der Waals surface area contributed by atoms with Crippen LogP contribution in [-0.2, 0) is 36.7 Å². The molecule has 0 saturated carbocycles. The van der Waals surface area contributed by atoms with Gasteiger partial charge >= 0.3 is 17.4 Å². The molecule has 32 heavy (non-hydrogen) atoms. The van der Waals surface area contributed by atoms with Crippen molar-refractivity contribution in [2.24, 2.45) is 14.1 Å². The average Bonchev–Trinajstić information content (AvgIpc) is 3.31. The quantitative estimate of drug-likeness (QED) is 0.216. The van der Waals surface area contributed by atoms with Crippen molar-refractivity contribution in [3.05, 3.63) is 66.0 Å². The minimum atomic E-state index is -0.859. The summed E-state index contributed by atoms with van der Waals surface area (Å²) in [4.78, 5) is 62.9. The number of fused-ring (bicyclic) bond motifs is 2. The second-order valence-electron chi connectivity index (χ2n) is 6.90. The number of nitro benzene ring substituents is 1. The molecular formula is C18H16N6O8. The van der Waals surface area contributed by atoms with Crippen LogP contribution in [0.2, 0.25) is 0 Å². The summed E-state index contributed by atoms with van der Waals surface area (Å²) in [5.74, 6) is -1.61. The number of aryl methyl sites for hydroxylation is 1. The van der Waals surface area contributed by atoms with Crippen molar-refractivity contribution in [1.29, 1.82) is 0 Å². The number of carbonyl (C=O) groups excluding carboxylic acids is 1. The van der Waals surface area contributed by atoms with Crippen LogP contribution in [0, 0.1) is 10.1 Å². The molecule has 0 radical (unpaired) electrons. The first-order valence-electron chi connectivity index (χ1n) is 9.23. The van der Waals surface area contributed by atoms with Gasteiger partial charge in [-0.15, -0.1) is 0 Å². The number of imidazole rings is 1. The molecule has 3 aromatic heterocycles. The number of benzene rings is 1. The van der Waals surface area contributed by atoms with Gasteiger partial charge in [-0.05, 0) is 6.07 Å². The Morgan fingerprint density at radius 2 is 1.97 bits per heavy atom. The van der Waals surface area contributed by atoms with Crippen LogP contribution in [0.3, 0.4) is 0 Å². The van der Waals surface area contributed by atoms with E-state index in [2.05, 4.69) is 4.98 Å². The van der Waals surface area contributed by atoms with Gasteiger partial charge in [-0.1, -0.05) is 0 Å². The van der Waals surface area contributed by atoms with Gasteiger partial charge in [0, 0.05) is 20.2 Å². The molecule has 4 rings (SSSR count). The van der Waals surface area contributed by atoms with E-state index in [0.29, 0.717) is 0 Å². The fourth-order valence-electron chi connectivity index (χ4n) is 3.32. The van der Waals surface area contributed by atoms with Crippen LogP contribution in [0.5, 0.6) is 0 Å². The van der Waals surface area contributed by atoms with Gasteiger partial charge in [-0.3, -0.25) is 33.4 Å². The molecule has 3 heterocycles. The highest BCUT2D eigenvalue weighted by Crippen LogP contribution is 2.20. The van der Waals surface area contributed by atoms with Crippen molar-refractivity contribution < 1.29 is 18.9 Å². The van der Waals surface area contributed by atoms with Crippen molar-refractivity contribution in [3.8, 4) is 0 Å². The summed E-state index contributed by atoms with van der Waals surface area (Å²) in [6.45, 7) is -0.514. The summed E-state index contributed by atoms with van der Waals surface area (Å²) in [5, 5.41) is 10.8. The molecule has 0 amide bonds. The van der Waals surface area contributed by atoms with Gasteiger partial charge in [0.05, 0.1) is 29.4 Å². The highest BCUT2D eigenvalue weighted by atomic mass is 16.6. The van der Waals surface area contributed by atoms with Gasteiger partial charge in [0.2, 0.25) is 0 Å². The lowest BCUT2D eigenvalue weighted by atomic mass is 10.3. The number of nitro groups is 1. The predicted octanol–water partition coefficient (Wildman–Crippen LogP) is -0.507. The van der Waals surface area contributed by atoms with Crippen LogP contribution in [0.1, 0.15) is 0 Å². The van der Waals surface area contributed by atoms with Crippen molar-refractivity contribution in [2.45, 2.75) is 13.1 Å². The number of oxazole rings is 1. The molecule has 0 bridgehead atoms. The maximum atomic E-state index is 12.4. The van der Waals surface area contributed by atoms with Crippen molar-refractivity contribution in [1.82, 2.24) is 23.3 Å². The summed E-state index contributed by atoms with van der Waals surface area (Å²) >= 11 is 0. The van der Waals surface area contributed by atoms with Crippen LogP contribution in [-0.4, -0.2) is 40.8 Å². The topological polar surface area (TPSA) is 166 Å². The lowest BCUT2D eigenvalue weighted by molar-refractivity contribution is -0.384. The van der Waals surface area contributed by atoms with E-state index in [1.807, 2.05) is 0 Å². The molecule has 0 aliphatic heterocycles. The van der Waals surface area contributed by atoms with Crippen molar-refractivity contribution in [3.63, 3.8) is 0 Å². The molecule has 166 valence electrons. The second kappa shape index (κ2) is 7.64. The molecule has 4 aromatic rings. The summed E-state index contributed by atoms with van der Waals surface area (Å²) in [6, 6.07) is 3.59. The molecule has 14 nitrogen and oxygen atoms in total. The van der Waals surface area contributed by atoms with Gasteiger partial charge in [-0.25, -0.2) is 14.6 Å².